The van der Waals surface area contributed by atoms with E-state index in [4.69, 9.17) is 0 Å². The van der Waals surface area contributed by atoms with Crippen LogP contribution in [0.15, 0.2) is 60.7 Å². The fourth-order valence-corrected chi connectivity index (χ4v) is 3.53. The summed E-state index contributed by atoms with van der Waals surface area (Å²) in [6.45, 7) is 6.00. The van der Waals surface area contributed by atoms with Gasteiger partial charge in [0.05, 0.1) is 22.6 Å². The van der Waals surface area contributed by atoms with Gasteiger partial charge in [0.25, 0.3) is 0 Å². The Hall–Kier alpha value is -3.47. The third kappa shape index (κ3) is 4.19. The minimum Gasteiger partial charge on any atom is -0.325 e. The van der Waals surface area contributed by atoms with E-state index in [0.717, 1.165) is 44.9 Å². The predicted octanol–water partition coefficient (Wildman–Crippen LogP) is 4.92. The molecule has 5 heteroatoms. The van der Waals surface area contributed by atoms with Gasteiger partial charge in [-0.2, -0.15) is 5.10 Å². The standard InChI is InChI=1S/C24H24N4O/c1-16-7-13-21-22(25-16)5-4-6-23(21)26-24(29)14-10-19-8-11-20(12-9-19)28-18(3)15-17(2)27-28/h4-9,11-13,15H,10,14H2,1-3H3,(H,26,29). The quantitative estimate of drug-likeness (QED) is 0.531. The minimum absolute atomic E-state index is 0.000645. The summed E-state index contributed by atoms with van der Waals surface area (Å²) in [5, 5.41) is 8.50. The summed E-state index contributed by atoms with van der Waals surface area (Å²) in [6.07, 6.45) is 1.11. The molecule has 0 spiro atoms. The molecule has 2 heterocycles. The Balaban J connectivity index is 1.41. The lowest BCUT2D eigenvalue weighted by Crippen LogP contribution is -2.12. The summed E-state index contributed by atoms with van der Waals surface area (Å²) >= 11 is 0. The number of carbonyl (C=O) groups excluding carboxylic acids is 1. The molecule has 2 aromatic heterocycles. The van der Waals surface area contributed by atoms with Gasteiger partial charge in [-0.25, -0.2) is 4.68 Å². The number of aryl methyl sites for hydroxylation is 4. The summed E-state index contributed by atoms with van der Waals surface area (Å²) in [4.78, 5) is 17.0. The second kappa shape index (κ2) is 7.87. The molecule has 0 radical (unpaired) electrons. The number of amides is 1. The predicted molar refractivity (Wildman–Crippen MR) is 116 cm³/mol. The first-order valence-electron chi connectivity index (χ1n) is 9.78. The van der Waals surface area contributed by atoms with Gasteiger partial charge in [-0.3, -0.25) is 9.78 Å². The third-order valence-electron chi connectivity index (χ3n) is 4.98. The molecule has 2 aromatic carbocycles. The smallest absolute Gasteiger partial charge is 0.224 e. The lowest BCUT2D eigenvalue weighted by atomic mass is 10.1. The van der Waals surface area contributed by atoms with E-state index in [-0.39, 0.29) is 5.91 Å². The second-order valence-corrected chi connectivity index (χ2v) is 7.38. The first-order valence-corrected chi connectivity index (χ1v) is 9.78. The SMILES string of the molecule is Cc1ccc2c(NC(=O)CCc3ccc(-n4nc(C)cc4C)cc3)cccc2n1. The van der Waals surface area contributed by atoms with E-state index < -0.39 is 0 Å². The van der Waals surface area contributed by atoms with Crippen LogP contribution in [0.2, 0.25) is 0 Å². The van der Waals surface area contributed by atoms with Gasteiger partial charge in [-0.05, 0) is 75.2 Å². The Kier molecular flexibility index (Phi) is 5.12. The molecule has 0 aliphatic heterocycles. The van der Waals surface area contributed by atoms with Crippen molar-refractivity contribution in [3.63, 3.8) is 0 Å². The molecule has 0 fully saturated rings. The highest BCUT2D eigenvalue weighted by atomic mass is 16.1. The molecule has 0 bridgehead atoms. The van der Waals surface area contributed by atoms with E-state index in [9.17, 15) is 4.79 Å². The van der Waals surface area contributed by atoms with Crippen molar-refractivity contribution in [1.82, 2.24) is 14.8 Å². The van der Waals surface area contributed by atoms with Crippen LogP contribution in [-0.4, -0.2) is 20.7 Å². The van der Waals surface area contributed by atoms with Crippen molar-refractivity contribution < 1.29 is 4.79 Å². The van der Waals surface area contributed by atoms with Crippen LogP contribution in [0.5, 0.6) is 0 Å². The van der Waals surface area contributed by atoms with Crippen LogP contribution in [-0.2, 0) is 11.2 Å². The van der Waals surface area contributed by atoms with Crippen LogP contribution in [0, 0.1) is 20.8 Å². The van der Waals surface area contributed by atoms with Crippen molar-refractivity contribution >= 4 is 22.5 Å². The van der Waals surface area contributed by atoms with Gasteiger partial charge >= 0.3 is 0 Å². The topological polar surface area (TPSA) is 59.8 Å². The molecule has 146 valence electrons. The number of aromatic nitrogens is 3. The third-order valence-corrected chi connectivity index (χ3v) is 4.98. The number of anilines is 1. The molecular formula is C24H24N4O. The maximum atomic E-state index is 12.5. The van der Waals surface area contributed by atoms with Crippen molar-refractivity contribution in [3.05, 3.63) is 83.3 Å². The highest BCUT2D eigenvalue weighted by Crippen LogP contribution is 2.22. The van der Waals surface area contributed by atoms with E-state index in [1.165, 1.54) is 0 Å². The fourth-order valence-electron chi connectivity index (χ4n) is 3.53. The monoisotopic (exact) mass is 384 g/mol. The number of hydrogen-bond acceptors (Lipinski definition) is 3. The normalized spacial score (nSPS) is 11.0. The summed E-state index contributed by atoms with van der Waals surface area (Å²) in [6, 6.07) is 20.0. The van der Waals surface area contributed by atoms with E-state index >= 15 is 0 Å². The van der Waals surface area contributed by atoms with E-state index in [0.29, 0.717) is 12.8 Å². The van der Waals surface area contributed by atoms with Gasteiger partial charge in [0.2, 0.25) is 5.91 Å². The Morgan fingerprint density at radius 2 is 1.76 bits per heavy atom. The average Bonchev–Trinajstić information content (AvgIpc) is 3.05. The fraction of sp³-hybridized carbons (Fsp3) is 0.208. The van der Waals surface area contributed by atoms with Crippen LogP contribution in [0.4, 0.5) is 5.69 Å². The first kappa shape index (κ1) is 18.9. The molecule has 5 nitrogen and oxygen atoms in total. The summed E-state index contributed by atoms with van der Waals surface area (Å²) in [7, 11) is 0. The zero-order chi connectivity index (χ0) is 20.4. The van der Waals surface area contributed by atoms with Crippen molar-refractivity contribution in [2.24, 2.45) is 0 Å². The molecule has 1 N–H and O–H groups in total. The lowest BCUT2D eigenvalue weighted by molar-refractivity contribution is -0.116. The van der Waals surface area contributed by atoms with Crippen LogP contribution < -0.4 is 5.32 Å². The zero-order valence-corrected chi connectivity index (χ0v) is 16.9. The number of nitrogens with zero attached hydrogens (tertiary/aromatic N) is 3. The molecule has 0 saturated carbocycles. The molecular weight excluding hydrogens is 360 g/mol. The van der Waals surface area contributed by atoms with Crippen molar-refractivity contribution in [3.8, 4) is 5.69 Å². The maximum Gasteiger partial charge on any atom is 0.224 e. The molecule has 0 saturated heterocycles. The number of carbonyl (C=O) groups is 1. The summed E-state index contributed by atoms with van der Waals surface area (Å²) in [5.74, 6) is 0.000645. The van der Waals surface area contributed by atoms with E-state index in [1.54, 1.807) is 0 Å². The first-order chi connectivity index (χ1) is 14.0. The lowest BCUT2D eigenvalue weighted by Gasteiger charge is -2.09. The van der Waals surface area contributed by atoms with Crippen LogP contribution in [0.1, 0.15) is 29.1 Å². The van der Waals surface area contributed by atoms with Gasteiger partial charge < -0.3 is 5.32 Å². The number of fused-ring (bicyclic) bond motifs is 1. The Morgan fingerprint density at radius 3 is 2.48 bits per heavy atom. The van der Waals surface area contributed by atoms with Crippen molar-refractivity contribution in [1.29, 1.82) is 0 Å². The van der Waals surface area contributed by atoms with Crippen molar-refractivity contribution in [2.75, 3.05) is 5.32 Å². The second-order valence-electron chi connectivity index (χ2n) is 7.38. The maximum absolute atomic E-state index is 12.5. The molecule has 4 rings (SSSR count). The van der Waals surface area contributed by atoms with Gasteiger partial charge in [0.1, 0.15) is 0 Å². The number of hydrogen-bond donors (Lipinski definition) is 1. The van der Waals surface area contributed by atoms with Gasteiger partial charge in [0, 0.05) is 23.2 Å². The Bertz CT molecular complexity index is 1180. The summed E-state index contributed by atoms with van der Waals surface area (Å²) < 4.78 is 1.93. The van der Waals surface area contributed by atoms with Crippen molar-refractivity contribution in [2.45, 2.75) is 33.6 Å². The highest BCUT2D eigenvalue weighted by molar-refractivity contribution is 6.01. The zero-order valence-electron chi connectivity index (χ0n) is 16.9. The number of nitrogens with one attached hydrogen (secondary N) is 1. The number of benzene rings is 2. The molecule has 0 aliphatic rings. The molecule has 0 unspecified atom stereocenters. The van der Waals surface area contributed by atoms with E-state index in [1.807, 2.05) is 67.9 Å². The van der Waals surface area contributed by atoms with E-state index in [2.05, 4.69) is 33.6 Å². The molecule has 4 aromatic rings. The highest BCUT2D eigenvalue weighted by Gasteiger charge is 2.08. The number of rotatable bonds is 5. The molecule has 0 aliphatic carbocycles. The minimum atomic E-state index is 0.000645. The Labute approximate surface area is 170 Å². The Morgan fingerprint density at radius 1 is 0.966 bits per heavy atom. The van der Waals surface area contributed by atoms with Crippen LogP contribution >= 0.6 is 0 Å². The molecule has 0 atom stereocenters. The molecule has 29 heavy (non-hydrogen) atoms. The molecule has 1 amide bonds. The summed E-state index contributed by atoms with van der Waals surface area (Å²) in [5.41, 5.74) is 6.92. The van der Waals surface area contributed by atoms with Crippen LogP contribution in [0.25, 0.3) is 16.6 Å². The number of pyridine rings is 1. The van der Waals surface area contributed by atoms with Gasteiger partial charge in [0.15, 0.2) is 0 Å². The van der Waals surface area contributed by atoms with Gasteiger partial charge in [-0.1, -0.05) is 18.2 Å². The van der Waals surface area contributed by atoms with Gasteiger partial charge in [-0.15, -0.1) is 0 Å². The average molecular weight is 384 g/mol. The van der Waals surface area contributed by atoms with Crippen LogP contribution in [0.3, 0.4) is 0 Å². The largest absolute Gasteiger partial charge is 0.325 e.